The number of amides is 1. The van der Waals surface area contributed by atoms with Gasteiger partial charge in [0.15, 0.2) is 16.7 Å². The zero-order valence-electron chi connectivity index (χ0n) is 26.0. The van der Waals surface area contributed by atoms with Gasteiger partial charge in [0.25, 0.3) is 5.91 Å². The smallest absolute Gasteiger partial charge is 0.253 e. The molecule has 45 heavy (non-hydrogen) atoms. The number of carbonyl (C=O) groups is 1. The van der Waals surface area contributed by atoms with Crippen molar-refractivity contribution in [3.05, 3.63) is 94.6 Å². The zero-order chi connectivity index (χ0) is 31.8. The monoisotopic (exact) mass is 647 g/mol. The Morgan fingerprint density at radius 3 is 2.29 bits per heavy atom. The van der Waals surface area contributed by atoms with Crippen LogP contribution in [0.25, 0.3) is 0 Å². The summed E-state index contributed by atoms with van der Waals surface area (Å²) < 4.78 is 16.0. The number of hydrogen-bond acceptors (Lipinski definition) is 9. The van der Waals surface area contributed by atoms with Crippen LogP contribution in [0.15, 0.2) is 78.0 Å². The molecule has 0 bridgehead atoms. The Bertz CT molecular complexity index is 1600. The highest BCUT2D eigenvalue weighted by Gasteiger charge is 2.20. The predicted molar refractivity (Wildman–Crippen MR) is 181 cm³/mol. The summed E-state index contributed by atoms with van der Waals surface area (Å²) in [6, 6.07) is 23.5. The van der Waals surface area contributed by atoms with Crippen molar-refractivity contribution in [1.82, 2.24) is 14.9 Å². The van der Waals surface area contributed by atoms with Crippen LogP contribution in [0.4, 0.5) is 11.5 Å². The molecule has 9 nitrogen and oxygen atoms in total. The van der Waals surface area contributed by atoms with Gasteiger partial charge in [-0.3, -0.25) is 4.79 Å². The summed E-state index contributed by atoms with van der Waals surface area (Å²) in [7, 11) is 6.73. The second-order valence-corrected chi connectivity index (χ2v) is 12.0. The van der Waals surface area contributed by atoms with Crippen LogP contribution in [-0.2, 0) is 12.2 Å². The van der Waals surface area contributed by atoms with Gasteiger partial charge < -0.3 is 28.9 Å². The summed E-state index contributed by atoms with van der Waals surface area (Å²) >= 11 is 7.94. The van der Waals surface area contributed by atoms with Gasteiger partial charge in [0, 0.05) is 62.8 Å². The van der Waals surface area contributed by atoms with E-state index in [1.54, 1.807) is 26.2 Å². The number of likely N-dealkylation sites (N-methyl/N-ethyl adjacent to an activating group) is 1. The molecule has 1 saturated heterocycles. The number of aromatic nitrogens is 2. The van der Waals surface area contributed by atoms with Crippen LogP contribution in [0.5, 0.6) is 17.2 Å². The van der Waals surface area contributed by atoms with E-state index >= 15 is 0 Å². The van der Waals surface area contributed by atoms with Crippen molar-refractivity contribution in [2.24, 2.45) is 0 Å². The second kappa shape index (κ2) is 15.2. The highest BCUT2D eigenvalue weighted by atomic mass is 35.5. The maximum Gasteiger partial charge on any atom is 0.253 e. The summed E-state index contributed by atoms with van der Waals surface area (Å²) in [6.45, 7) is 3.97. The minimum absolute atomic E-state index is 0.0302. The lowest BCUT2D eigenvalue weighted by atomic mass is 10.1. The van der Waals surface area contributed by atoms with Crippen molar-refractivity contribution in [3.8, 4) is 17.2 Å². The molecule has 0 unspecified atom stereocenters. The highest BCUT2D eigenvalue weighted by molar-refractivity contribution is 7.98. The summed E-state index contributed by atoms with van der Waals surface area (Å²) in [5.41, 5.74) is 3.90. The number of thioether (sulfide) groups is 1. The number of benzene rings is 3. The molecule has 1 fully saturated rings. The minimum atomic E-state index is -0.0302. The van der Waals surface area contributed by atoms with Gasteiger partial charge in [0.1, 0.15) is 16.7 Å². The molecule has 236 valence electrons. The molecule has 1 aliphatic heterocycles. The van der Waals surface area contributed by atoms with Gasteiger partial charge in [-0.15, -0.1) is 0 Å². The van der Waals surface area contributed by atoms with Crippen molar-refractivity contribution >= 4 is 40.8 Å². The first-order valence-corrected chi connectivity index (χ1v) is 16.1. The van der Waals surface area contributed by atoms with E-state index in [2.05, 4.69) is 26.9 Å². The zero-order valence-corrected chi connectivity index (χ0v) is 27.6. The molecule has 1 aromatic heterocycles. The van der Waals surface area contributed by atoms with E-state index in [9.17, 15) is 4.79 Å². The van der Waals surface area contributed by atoms with Crippen molar-refractivity contribution in [2.75, 3.05) is 70.9 Å². The van der Waals surface area contributed by atoms with E-state index in [-0.39, 0.29) is 5.91 Å². The van der Waals surface area contributed by atoms with Gasteiger partial charge in [0.05, 0.1) is 21.3 Å². The number of methoxy groups -OCH3 is 3. The molecular formula is C34H38ClN5O4S. The molecule has 2 heterocycles. The van der Waals surface area contributed by atoms with E-state index in [1.165, 1.54) is 17.4 Å². The van der Waals surface area contributed by atoms with E-state index in [4.69, 9.17) is 30.8 Å². The third kappa shape index (κ3) is 8.32. The average Bonchev–Trinajstić information content (AvgIpc) is 3.09. The number of carbonyl (C=O) groups excluding carboxylic acids is 1. The largest absolute Gasteiger partial charge is 0.497 e. The summed E-state index contributed by atoms with van der Waals surface area (Å²) in [5.74, 6) is 3.62. The molecule has 0 saturated carbocycles. The topological polar surface area (TPSA) is 80.3 Å². The lowest BCUT2D eigenvalue weighted by Gasteiger charge is -2.36. The fourth-order valence-corrected chi connectivity index (χ4v) is 6.22. The number of ether oxygens (including phenoxy) is 3. The molecular weight excluding hydrogens is 610 g/mol. The standard InChI is InChI=1S/C34H38ClN5O4S/c1-38(15-14-24-8-13-29(43-3)30(21-24)44-4)33(41)26-7-5-6-25(20-26)23-45-34-36-31(35)22-32(37-34)40-18-16-39(17-19-40)27-9-11-28(42-2)12-10-27/h5-13,20-22H,14-19,23H2,1-4H3. The van der Waals surface area contributed by atoms with Crippen LogP contribution < -0.4 is 24.0 Å². The van der Waals surface area contributed by atoms with Crippen molar-refractivity contribution in [2.45, 2.75) is 17.3 Å². The first-order chi connectivity index (χ1) is 21.9. The van der Waals surface area contributed by atoms with Crippen molar-refractivity contribution in [3.63, 3.8) is 0 Å². The normalized spacial score (nSPS) is 13.0. The van der Waals surface area contributed by atoms with Gasteiger partial charge in [-0.05, 0) is 66.1 Å². The van der Waals surface area contributed by atoms with Gasteiger partial charge in [-0.2, -0.15) is 0 Å². The van der Waals surface area contributed by atoms with Gasteiger partial charge in [-0.1, -0.05) is 41.6 Å². The number of halogens is 1. The molecule has 11 heteroatoms. The minimum Gasteiger partial charge on any atom is -0.497 e. The third-order valence-corrected chi connectivity index (χ3v) is 8.89. The van der Waals surface area contributed by atoms with Gasteiger partial charge in [0.2, 0.25) is 0 Å². The van der Waals surface area contributed by atoms with Crippen LogP contribution in [0.2, 0.25) is 5.15 Å². The van der Waals surface area contributed by atoms with E-state index in [0.717, 1.165) is 48.9 Å². The van der Waals surface area contributed by atoms with Crippen LogP contribution in [-0.4, -0.2) is 81.9 Å². The molecule has 0 atom stereocenters. The molecule has 0 spiro atoms. The molecule has 1 amide bonds. The fraction of sp³-hybridized carbons (Fsp3) is 0.324. The summed E-state index contributed by atoms with van der Waals surface area (Å²) in [4.78, 5) is 28.9. The van der Waals surface area contributed by atoms with E-state index in [0.29, 0.717) is 46.1 Å². The first-order valence-electron chi connectivity index (χ1n) is 14.7. The number of nitrogens with zero attached hydrogens (tertiary/aromatic N) is 5. The Balaban J connectivity index is 1.16. The maximum absolute atomic E-state index is 13.2. The van der Waals surface area contributed by atoms with Crippen LogP contribution in [0, 0.1) is 0 Å². The van der Waals surface area contributed by atoms with Crippen molar-refractivity contribution < 1.29 is 19.0 Å². The van der Waals surface area contributed by atoms with E-state index < -0.39 is 0 Å². The van der Waals surface area contributed by atoms with Gasteiger partial charge >= 0.3 is 0 Å². The summed E-state index contributed by atoms with van der Waals surface area (Å²) in [6.07, 6.45) is 0.698. The Hall–Kier alpha value is -4.15. The first kappa shape index (κ1) is 32.2. The second-order valence-electron chi connectivity index (χ2n) is 10.7. The average molecular weight is 648 g/mol. The quantitative estimate of drug-likeness (QED) is 0.103. The maximum atomic E-state index is 13.2. The molecule has 0 aliphatic carbocycles. The number of anilines is 2. The highest BCUT2D eigenvalue weighted by Crippen LogP contribution is 2.29. The lowest BCUT2D eigenvalue weighted by molar-refractivity contribution is 0.0796. The lowest BCUT2D eigenvalue weighted by Crippen LogP contribution is -2.46. The Kier molecular flexibility index (Phi) is 10.9. The molecule has 0 N–H and O–H groups in total. The van der Waals surface area contributed by atoms with Crippen LogP contribution in [0.1, 0.15) is 21.5 Å². The van der Waals surface area contributed by atoms with Crippen LogP contribution >= 0.6 is 23.4 Å². The molecule has 5 rings (SSSR count). The number of hydrogen-bond donors (Lipinski definition) is 0. The number of rotatable bonds is 12. The fourth-order valence-electron chi connectivity index (χ4n) is 5.20. The Labute approximate surface area is 274 Å². The summed E-state index contributed by atoms with van der Waals surface area (Å²) in [5, 5.41) is 1.03. The molecule has 3 aromatic carbocycles. The van der Waals surface area contributed by atoms with Crippen LogP contribution in [0.3, 0.4) is 0 Å². The predicted octanol–water partition coefficient (Wildman–Crippen LogP) is 6.09. The SMILES string of the molecule is COc1ccc(N2CCN(c3cc(Cl)nc(SCc4cccc(C(=O)N(C)CCc5ccc(OC)c(OC)c5)c4)n3)CC2)cc1. The van der Waals surface area contributed by atoms with Crippen molar-refractivity contribution in [1.29, 1.82) is 0 Å². The molecule has 0 radical (unpaired) electrons. The Morgan fingerprint density at radius 2 is 1.58 bits per heavy atom. The molecule has 4 aromatic rings. The van der Waals surface area contributed by atoms with E-state index in [1.807, 2.05) is 67.7 Å². The Morgan fingerprint density at radius 1 is 0.844 bits per heavy atom. The number of piperazine rings is 1. The third-order valence-electron chi connectivity index (χ3n) is 7.77. The van der Waals surface area contributed by atoms with Gasteiger partial charge in [-0.25, -0.2) is 9.97 Å². The molecule has 1 aliphatic rings.